The zero-order valence-electron chi connectivity index (χ0n) is 12.0. The predicted molar refractivity (Wildman–Crippen MR) is 78.4 cm³/mol. The summed E-state index contributed by atoms with van der Waals surface area (Å²) < 4.78 is 0. The Morgan fingerprint density at radius 2 is 1.84 bits per heavy atom. The van der Waals surface area contributed by atoms with E-state index in [9.17, 15) is 4.79 Å². The van der Waals surface area contributed by atoms with E-state index in [0.29, 0.717) is 0 Å². The monoisotopic (exact) mass is 263 g/mol. The molecule has 0 spiro atoms. The molecule has 1 rings (SSSR count). The molecular formula is C16H25NO2. The molecule has 0 radical (unpaired) electrons. The normalized spacial score (nSPS) is 11.5. The van der Waals surface area contributed by atoms with Crippen molar-refractivity contribution in [3.05, 3.63) is 35.9 Å². The van der Waals surface area contributed by atoms with Gasteiger partial charge in [0.15, 0.2) is 0 Å². The van der Waals surface area contributed by atoms with Crippen molar-refractivity contribution in [1.82, 2.24) is 5.32 Å². The maximum atomic E-state index is 10.4. The minimum absolute atomic E-state index is 0.127. The van der Waals surface area contributed by atoms with Gasteiger partial charge in [0.05, 0.1) is 0 Å². The molecule has 0 fully saturated rings. The second-order valence-electron chi connectivity index (χ2n) is 5.63. The van der Waals surface area contributed by atoms with Crippen LogP contribution >= 0.6 is 0 Å². The third-order valence-corrected chi connectivity index (χ3v) is 3.37. The third-order valence-electron chi connectivity index (χ3n) is 3.37. The minimum atomic E-state index is -0.696. The van der Waals surface area contributed by atoms with Gasteiger partial charge in [-0.1, -0.05) is 50.6 Å². The summed E-state index contributed by atoms with van der Waals surface area (Å²) >= 11 is 0. The van der Waals surface area contributed by atoms with Gasteiger partial charge in [-0.25, -0.2) is 0 Å². The Morgan fingerprint density at radius 1 is 1.16 bits per heavy atom. The first-order chi connectivity index (χ1) is 9.02. The fourth-order valence-corrected chi connectivity index (χ4v) is 2.10. The summed E-state index contributed by atoms with van der Waals surface area (Å²) in [5.41, 5.74) is 1.47. The smallest absolute Gasteiger partial charge is 0.303 e. The van der Waals surface area contributed by atoms with Gasteiger partial charge >= 0.3 is 5.97 Å². The Balaban J connectivity index is 2.16. The van der Waals surface area contributed by atoms with Crippen LogP contribution in [0.5, 0.6) is 0 Å². The average molecular weight is 263 g/mol. The molecule has 0 aromatic heterocycles. The molecule has 0 amide bonds. The van der Waals surface area contributed by atoms with E-state index in [1.807, 2.05) is 6.07 Å². The van der Waals surface area contributed by atoms with E-state index >= 15 is 0 Å². The fourth-order valence-electron chi connectivity index (χ4n) is 2.10. The molecule has 1 aromatic carbocycles. The molecule has 2 N–H and O–H groups in total. The zero-order chi connectivity index (χ0) is 14.1. The molecule has 0 aliphatic heterocycles. The van der Waals surface area contributed by atoms with Crippen LogP contribution in [0.25, 0.3) is 0 Å². The van der Waals surface area contributed by atoms with Crippen molar-refractivity contribution in [2.24, 2.45) is 0 Å². The van der Waals surface area contributed by atoms with E-state index in [0.717, 1.165) is 32.4 Å². The number of carbonyl (C=O) groups is 1. The summed E-state index contributed by atoms with van der Waals surface area (Å²) in [5.74, 6) is -0.696. The Labute approximate surface area is 116 Å². The van der Waals surface area contributed by atoms with Crippen molar-refractivity contribution in [2.75, 3.05) is 13.1 Å². The van der Waals surface area contributed by atoms with E-state index in [1.54, 1.807) is 0 Å². The van der Waals surface area contributed by atoms with Crippen LogP contribution in [0, 0.1) is 0 Å². The van der Waals surface area contributed by atoms with Crippen molar-refractivity contribution in [3.63, 3.8) is 0 Å². The van der Waals surface area contributed by atoms with Crippen LogP contribution in [0.2, 0.25) is 0 Å². The van der Waals surface area contributed by atoms with Crippen LogP contribution in [-0.2, 0) is 10.2 Å². The van der Waals surface area contributed by atoms with Gasteiger partial charge in [0.2, 0.25) is 0 Å². The van der Waals surface area contributed by atoms with Crippen LogP contribution < -0.4 is 5.32 Å². The highest BCUT2D eigenvalue weighted by Crippen LogP contribution is 2.21. The molecule has 1 aromatic rings. The Bertz CT molecular complexity index is 374. The second kappa shape index (κ2) is 7.95. The van der Waals surface area contributed by atoms with E-state index in [4.69, 9.17) is 5.11 Å². The molecule has 0 aliphatic carbocycles. The van der Waals surface area contributed by atoms with E-state index in [-0.39, 0.29) is 11.8 Å². The molecule has 0 aliphatic rings. The quantitative estimate of drug-likeness (QED) is 0.673. The van der Waals surface area contributed by atoms with Gasteiger partial charge in [-0.05, 0) is 24.9 Å². The number of carboxylic acid groups (broad SMARTS) is 1. The van der Waals surface area contributed by atoms with Crippen molar-refractivity contribution in [2.45, 2.75) is 44.9 Å². The molecular weight excluding hydrogens is 238 g/mol. The lowest BCUT2D eigenvalue weighted by Gasteiger charge is -2.25. The first-order valence-corrected chi connectivity index (χ1v) is 7.00. The van der Waals surface area contributed by atoms with Crippen molar-refractivity contribution >= 4 is 5.97 Å². The number of unbranched alkanes of at least 4 members (excludes halogenated alkanes) is 2. The minimum Gasteiger partial charge on any atom is -0.481 e. The molecule has 106 valence electrons. The molecule has 0 saturated heterocycles. The maximum absolute atomic E-state index is 10.4. The number of carboxylic acids is 1. The summed E-state index contributed by atoms with van der Waals surface area (Å²) in [7, 11) is 0. The lowest BCUT2D eigenvalue weighted by Crippen LogP contribution is -2.33. The lowest BCUT2D eigenvalue weighted by molar-refractivity contribution is -0.137. The Morgan fingerprint density at radius 3 is 2.47 bits per heavy atom. The predicted octanol–water partition coefficient (Wildman–Crippen LogP) is 3.20. The topological polar surface area (TPSA) is 49.3 Å². The highest BCUT2D eigenvalue weighted by Gasteiger charge is 2.19. The lowest BCUT2D eigenvalue weighted by atomic mass is 9.84. The highest BCUT2D eigenvalue weighted by atomic mass is 16.4. The van der Waals surface area contributed by atoms with Gasteiger partial charge in [-0.15, -0.1) is 0 Å². The number of nitrogens with one attached hydrogen (secondary N) is 1. The number of hydrogen-bond donors (Lipinski definition) is 2. The average Bonchev–Trinajstić information content (AvgIpc) is 2.38. The largest absolute Gasteiger partial charge is 0.481 e. The first-order valence-electron chi connectivity index (χ1n) is 7.00. The van der Waals surface area contributed by atoms with Crippen molar-refractivity contribution in [3.8, 4) is 0 Å². The second-order valence-corrected chi connectivity index (χ2v) is 5.63. The fraction of sp³-hybridized carbons (Fsp3) is 0.562. The number of aliphatic carboxylic acids is 1. The molecule has 0 saturated carbocycles. The van der Waals surface area contributed by atoms with Gasteiger partial charge in [0.25, 0.3) is 0 Å². The zero-order valence-corrected chi connectivity index (χ0v) is 12.0. The summed E-state index contributed by atoms with van der Waals surface area (Å²) in [6, 6.07) is 10.5. The van der Waals surface area contributed by atoms with Crippen LogP contribution in [0.15, 0.2) is 30.3 Å². The van der Waals surface area contributed by atoms with Crippen LogP contribution in [-0.4, -0.2) is 24.2 Å². The van der Waals surface area contributed by atoms with Gasteiger partial charge in [0.1, 0.15) is 0 Å². The third kappa shape index (κ3) is 6.39. The van der Waals surface area contributed by atoms with Crippen LogP contribution in [0.1, 0.15) is 45.1 Å². The Hall–Kier alpha value is -1.35. The highest BCUT2D eigenvalue weighted by molar-refractivity contribution is 5.66. The number of benzene rings is 1. The number of rotatable bonds is 9. The van der Waals surface area contributed by atoms with Gasteiger partial charge < -0.3 is 10.4 Å². The Kier molecular flexibility index (Phi) is 6.57. The van der Waals surface area contributed by atoms with Crippen molar-refractivity contribution in [1.29, 1.82) is 0 Å². The van der Waals surface area contributed by atoms with Gasteiger partial charge in [0, 0.05) is 18.4 Å². The molecule has 0 bridgehead atoms. The van der Waals surface area contributed by atoms with E-state index in [1.165, 1.54) is 5.56 Å². The van der Waals surface area contributed by atoms with Gasteiger partial charge in [-0.2, -0.15) is 0 Å². The van der Waals surface area contributed by atoms with Crippen molar-refractivity contribution < 1.29 is 9.90 Å². The molecule has 0 unspecified atom stereocenters. The summed E-state index contributed by atoms with van der Waals surface area (Å²) in [5, 5.41) is 12.0. The van der Waals surface area contributed by atoms with E-state index in [2.05, 4.69) is 43.4 Å². The molecule has 19 heavy (non-hydrogen) atoms. The van der Waals surface area contributed by atoms with E-state index < -0.39 is 5.97 Å². The summed E-state index contributed by atoms with van der Waals surface area (Å²) in [6.45, 7) is 6.37. The molecule has 3 heteroatoms. The molecule has 0 atom stereocenters. The molecule has 0 heterocycles. The van der Waals surface area contributed by atoms with Gasteiger partial charge in [-0.3, -0.25) is 4.79 Å². The SMILES string of the molecule is CC(C)(CNCCCCCC(=O)O)c1ccccc1. The summed E-state index contributed by atoms with van der Waals surface area (Å²) in [4.78, 5) is 10.4. The first kappa shape index (κ1) is 15.7. The number of hydrogen-bond acceptors (Lipinski definition) is 2. The standard InChI is InChI=1S/C16H25NO2/c1-16(2,14-9-5-3-6-10-14)13-17-12-8-4-7-11-15(18)19/h3,5-6,9-10,17H,4,7-8,11-13H2,1-2H3,(H,18,19). The van der Waals surface area contributed by atoms with Crippen LogP contribution in [0.4, 0.5) is 0 Å². The summed E-state index contributed by atoms with van der Waals surface area (Å²) in [6.07, 6.45) is 3.08. The maximum Gasteiger partial charge on any atom is 0.303 e. The molecule has 3 nitrogen and oxygen atoms in total. The van der Waals surface area contributed by atoms with Crippen LogP contribution in [0.3, 0.4) is 0 Å².